The predicted molar refractivity (Wildman–Crippen MR) is 116 cm³/mol. The van der Waals surface area contributed by atoms with Gasteiger partial charge in [-0.25, -0.2) is 0 Å². The van der Waals surface area contributed by atoms with Crippen LogP contribution in [-0.2, 0) is 16.2 Å². The van der Waals surface area contributed by atoms with Crippen molar-refractivity contribution in [2.45, 2.75) is 11.5 Å². The van der Waals surface area contributed by atoms with Gasteiger partial charge in [0.25, 0.3) is 0 Å². The first-order valence-corrected chi connectivity index (χ1v) is 10.8. The van der Waals surface area contributed by atoms with Crippen molar-refractivity contribution in [2.75, 3.05) is 24.7 Å². The average molecular weight is 371 g/mol. The van der Waals surface area contributed by atoms with E-state index < -0.39 is 0 Å². The third kappa shape index (κ3) is 8.00. The van der Waals surface area contributed by atoms with Crippen LogP contribution < -0.4 is 0 Å². The molecule has 3 heteroatoms. The minimum absolute atomic E-state index is 0.823. The molecular weight excluding hydrogens is 344 g/mol. The van der Waals surface area contributed by atoms with E-state index in [4.69, 9.17) is 4.74 Å². The Morgan fingerprint density at radius 2 is 1.08 bits per heavy atom. The van der Waals surface area contributed by atoms with Crippen molar-refractivity contribution in [3.05, 3.63) is 83.9 Å². The van der Waals surface area contributed by atoms with Crippen LogP contribution in [0.1, 0.15) is 22.3 Å². The molecule has 0 unspecified atom stereocenters. The summed E-state index contributed by atoms with van der Waals surface area (Å²) in [5, 5.41) is 0. The summed E-state index contributed by atoms with van der Waals surface area (Å²) in [5.74, 6) is 4.15. The number of thioether (sulfide) groups is 2. The number of hydrogen-bond acceptors (Lipinski definition) is 3. The minimum atomic E-state index is 0.823. The van der Waals surface area contributed by atoms with Gasteiger partial charge in [0.05, 0.1) is 13.2 Å². The summed E-state index contributed by atoms with van der Waals surface area (Å²) >= 11 is 3.84. The molecule has 1 nitrogen and oxygen atoms in total. The molecule has 0 fully saturated rings. The highest BCUT2D eigenvalue weighted by molar-refractivity contribution is 7.98. The third-order valence-corrected chi connectivity index (χ3v) is 5.70. The fraction of sp³-hybridized carbons (Fsp3) is 0.273. The van der Waals surface area contributed by atoms with E-state index in [1.54, 1.807) is 0 Å². The van der Waals surface area contributed by atoms with Gasteiger partial charge < -0.3 is 4.74 Å². The first-order valence-electron chi connectivity index (χ1n) is 8.48. The lowest BCUT2D eigenvalue weighted by Crippen LogP contribution is -2.02. The highest BCUT2D eigenvalue weighted by Gasteiger charge is 1.97. The Balaban J connectivity index is 1.46. The van der Waals surface area contributed by atoms with Crippen LogP contribution >= 0.6 is 23.5 Å². The van der Waals surface area contributed by atoms with Gasteiger partial charge in [0, 0.05) is 23.0 Å². The van der Waals surface area contributed by atoms with Crippen molar-refractivity contribution in [3.8, 4) is 0 Å². The zero-order valence-corrected chi connectivity index (χ0v) is 16.3. The Morgan fingerprint density at radius 1 is 0.680 bits per heavy atom. The number of hydrogen-bond donors (Lipinski definition) is 0. The maximum Gasteiger partial charge on any atom is 0.0557 e. The highest BCUT2D eigenvalue weighted by atomic mass is 32.2. The second-order valence-electron chi connectivity index (χ2n) is 5.61. The van der Waals surface area contributed by atoms with Gasteiger partial charge in [0.15, 0.2) is 0 Å². The van der Waals surface area contributed by atoms with Crippen LogP contribution in [0, 0.1) is 0 Å². The first kappa shape index (κ1) is 19.9. The lowest BCUT2D eigenvalue weighted by Gasteiger charge is -2.06. The Hall–Kier alpha value is -1.42. The molecule has 2 rings (SSSR count). The molecule has 25 heavy (non-hydrogen) atoms. The van der Waals surface area contributed by atoms with Gasteiger partial charge in [-0.1, -0.05) is 73.8 Å². The smallest absolute Gasteiger partial charge is 0.0557 e. The lowest BCUT2D eigenvalue weighted by molar-refractivity contribution is 0.167. The average Bonchev–Trinajstić information content (AvgIpc) is 2.67. The first-order chi connectivity index (χ1) is 12.3. The molecule has 132 valence electrons. The van der Waals surface area contributed by atoms with Crippen molar-refractivity contribution in [3.63, 3.8) is 0 Å². The Morgan fingerprint density at radius 3 is 1.44 bits per heavy atom. The summed E-state index contributed by atoms with van der Waals surface area (Å²) < 4.78 is 5.71. The zero-order chi connectivity index (χ0) is 17.7. The maximum atomic E-state index is 5.71. The van der Waals surface area contributed by atoms with Gasteiger partial charge in [-0.15, -0.1) is 0 Å². The molecule has 0 aliphatic heterocycles. The molecule has 2 aromatic carbocycles. The molecule has 0 spiro atoms. The molecule has 0 atom stereocenters. The zero-order valence-electron chi connectivity index (χ0n) is 14.7. The van der Waals surface area contributed by atoms with E-state index in [2.05, 4.69) is 61.7 Å². The standard InChI is InChI=1S/C22H26OS2/c1-3-19-5-9-21(10-6-19)17-24-15-13-23-14-16-25-18-22-11-7-20(4-2)8-12-22/h3-12H,1-2,13-18H2. The van der Waals surface area contributed by atoms with Crippen molar-refractivity contribution in [2.24, 2.45) is 0 Å². The summed E-state index contributed by atoms with van der Waals surface area (Å²) in [7, 11) is 0. The second kappa shape index (κ2) is 12.0. The number of benzene rings is 2. The van der Waals surface area contributed by atoms with Crippen LogP contribution in [0.2, 0.25) is 0 Å². The summed E-state index contributed by atoms with van der Waals surface area (Å²) in [6.07, 6.45) is 3.75. The second-order valence-corrected chi connectivity index (χ2v) is 7.82. The fourth-order valence-electron chi connectivity index (χ4n) is 2.22. The molecule has 0 amide bonds. The topological polar surface area (TPSA) is 9.23 Å². The van der Waals surface area contributed by atoms with E-state index in [9.17, 15) is 0 Å². The normalized spacial score (nSPS) is 10.6. The third-order valence-electron chi connectivity index (χ3n) is 3.71. The summed E-state index contributed by atoms with van der Waals surface area (Å²) in [4.78, 5) is 0. The van der Waals surface area contributed by atoms with E-state index in [-0.39, 0.29) is 0 Å². The lowest BCUT2D eigenvalue weighted by atomic mass is 10.1. The van der Waals surface area contributed by atoms with Crippen LogP contribution in [0.4, 0.5) is 0 Å². The summed E-state index contributed by atoms with van der Waals surface area (Å²) in [5.41, 5.74) is 5.06. The number of rotatable bonds is 12. The summed E-state index contributed by atoms with van der Waals surface area (Å²) in [6, 6.07) is 17.1. The van der Waals surface area contributed by atoms with Crippen molar-refractivity contribution >= 4 is 35.7 Å². The quantitative estimate of drug-likeness (QED) is 0.414. The van der Waals surface area contributed by atoms with E-state index in [0.29, 0.717) is 0 Å². The Labute approximate surface area is 160 Å². The van der Waals surface area contributed by atoms with Crippen LogP contribution in [0.3, 0.4) is 0 Å². The molecule has 0 bridgehead atoms. The molecular formula is C22H26OS2. The minimum Gasteiger partial charge on any atom is -0.380 e. The molecule has 0 heterocycles. The molecule has 0 aliphatic carbocycles. The molecule has 0 aromatic heterocycles. The van der Waals surface area contributed by atoms with Gasteiger partial charge in [-0.2, -0.15) is 23.5 Å². The SMILES string of the molecule is C=Cc1ccc(CSCCOCCSCc2ccc(C=C)cc2)cc1. The van der Waals surface area contributed by atoms with Crippen molar-refractivity contribution in [1.29, 1.82) is 0 Å². The van der Waals surface area contributed by atoms with Crippen LogP contribution in [0.25, 0.3) is 12.2 Å². The van der Waals surface area contributed by atoms with E-state index in [1.165, 1.54) is 22.3 Å². The van der Waals surface area contributed by atoms with Gasteiger partial charge in [-0.05, 0) is 22.3 Å². The van der Waals surface area contributed by atoms with Gasteiger partial charge in [0.1, 0.15) is 0 Å². The fourth-order valence-corrected chi connectivity index (χ4v) is 3.83. The Bertz CT molecular complexity index is 575. The van der Waals surface area contributed by atoms with E-state index in [0.717, 1.165) is 36.2 Å². The molecule has 0 N–H and O–H groups in total. The maximum absolute atomic E-state index is 5.71. The predicted octanol–water partition coefficient (Wildman–Crippen LogP) is 6.16. The highest BCUT2D eigenvalue weighted by Crippen LogP contribution is 2.15. The summed E-state index contributed by atoms with van der Waals surface area (Å²) in [6.45, 7) is 9.20. The van der Waals surface area contributed by atoms with Crippen LogP contribution in [0.5, 0.6) is 0 Å². The largest absolute Gasteiger partial charge is 0.380 e. The molecule has 0 saturated heterocycles. The Kier molecular flexibility index (Phi) is 9.57. The number of ether oxygens (including phenoxy) is 1. The monoisotopic (exact) mass is 370 g/mol. The van der Waals surface area contributed by atoms with Gasteiger partial charge >= 0.3 is 0 Å². The van der Waals surface area contributed by atoms with E-state index >= 15 is 0 Å². The van der Waals surface area contributed by atoms with Gasteiger partial charge in [-0.3, -0.25) is 0 Å². The van der Waals surface area contributed by atoms with E-state index in [1.807, 2.05) is 35.7 Å². The molecule has 0 radical (unpaired) electrons. The van der Waals surface area contributed by atoms with Crippen LogP contribution in [-0.4, -0.2) is 24.7 Å². The molecule has 2 aromatic rings. The van der Waals surface area contributed by atoms with Crippen LogP contribution in [0.15, 0.2) is 61.7 Å². The van der Waals surface area contributed by atoms with Crippen molar-refractivity contribution < 1.29 is 4.74 Å². The van der Waals surface area contributed by atoms with Crippen molar-refractivity contribution in [1.82, 2.24) is 0 Å². The molecule has 0 saturated carbocycles. The molecule has 0 aliphatic rings. The van der Waals surface area contributed by atoms with Gasteiger partial charge in [0.2, 0.25) is 0 Å².